The zero-order valence-electron chi connectivity index (χ0n) is 6.75. The Morgan fingerprint density at radius 2 is 1.00 bits per heavy atom. The second-order valence-electron chi connectivity index (χ2n) is 3.07. The van der Waals surface area contributed by atoms with E-state index in [0.717, 1.165) is 0 Å². The molecule has 66 valence electrons. The Labute approximate surface area is 75.3 Å². The van der Waals surface area contributed by atoms with Crippen LogP contribution in [-0.2, 0) is 19.2 Å². The lowest BCUT2D eigenvalue weighted by atomic mass is 9.69. The topological polar surface area (TPSA) is 68.3 Å². The average Bonchev–Trinajstić information content (AvgIpc) is 2.57. The molecule has 0 amide bonds. The summed E-state index contributed by atoms with van der Waals surface area (Å²) in [7, 11) is 0. The molecule has 0 aromatic heterocycles. The van der Waals surface area contributed by atoms with E-state index >= 15 is 0 Å². The first-order chi connectivity index (χ1) is 6.20. The minimum absolute atomic E-state index is 0.116. The van der Waals surface area contributed by atoms with Gasteiger partial charge in [-0.3, -0.25) is 19.2 Å². The molecule has 0 heterocycles. The van der Waals surface area contributed by atoms with Crippen LogP contribution in [0.25, 0.3) is 0 Å². The van der Waals surface area contributed by atoms with Gasteiger partial charge in [0.05, 0.1) is 0 Å². The largest absolute Gasteiger partial charge is 0.290 e. The van der Waals surface area contributed by atoms with E-state index in [2.05, 4.69) is 0 Å². The van der Waals surface area contributed by atoms with Crippen molar-refractivity contribution in [2.75, 3.05) is 0 Å². The molecule has 1 aliphatic carbocycles. The molecule has 13 heavy (non-hydrogen) atoms. The van der Waals surface area contributed by atoms with Crippen molar-refractivity contribution in [3.05, 3.63) is 0 Å². The molecule has 4 heteroatoms. The predicted molar refractivity (Wildman–Crippen MR) is 41.5 cm³/mol. The molecule has 0 aromatic carbocycles. The van der Waals surface area contributed by atoms with Gasteiger partial charge in [-0.2, -0.15) is 0 Å². The van der Waals surface area contributed by atoms with Crippen molar-refractivity contribution in [3.8, 4) is 0 Å². The maximum absolute atomic E-state index is 10.5. The summed E-state index contributed by atoms with van der Waals surface area (Å²) in [6, 6.07) is 0. The molecule has 0 saturated heterocycles. The highest BCUT2D eigenvalue weighted by Crippen LogP contribution is 2.47. The first-order valence-corrected chi connectivity index (χ1v) is 3.77. The lowest BCUT2D eigenvalue weighted by molar-refractivity contribution is 0.345. The fourth-order valence-electron chi connectivity index (χ4n) is 1.64. The summed E-state index contributed by atoms with van der Waals surface area (Å²) in [6.45, 7) is 0. The molecule has 0 bridgehead atoms. The first-order valence-electron chi connectivity index (χ1n) is 3.77. The number of hydrogen-bond acceptors (Lipinski definition) is 4. The molecular formula is C9H6O4. The quantitative estimate of drug-likeness (QED) is 0.548. The van der Waals surface area contributed by atoms with E-state index in [0.29, 0.717) is 6.42 Å². The Balaban J connectivity index is 3.21. The highest BCUT2D eigenvalue weighted by molar-refractivity contribution is 6.01. The van der Waals surface area contributed by atoms with Crippen LogP contribution in [0.15, 0.2) is 0 Å². The van der Waals surface area contributed by atoms with Crippen LogP contribution in [0.3, 0.4) is 0 Å². The van der Waals surface area contributed by atoms with Gasteiger partial charge in [-0.15, -0.1) is 0 Å². The molecule has 0 atom stereocenters. The van der Waals surface area contributed by atoms with Gasteiger partial charge in [-0.25, -0.2) is 0 Å². The van der Waals surface area contributed by atoms with E-state index in [4.69, 9.17) is 0 Å². The van der Waals surface area contributed by atoms with E-state index in [1.165, 1.54) is 25.1 Å². The summed E-state index contributed by atoms with van der Waals surface area (Å²) in [4.78, 5) is 42.2. The third-order valence-electron chi connectivity index (χ3n) is 2.53. The highest BCUT2D eigenvalue weighted by atomic mass is 16.1. The molecule has 1 fully saturated rings. The van der Waals surface area contributed by atoms with Gasteiger partial charge < -0.3 is 0 Å². The molecule has 4 radical (unpaired) electrons. The standard InChI is InChI=1S/C9H6O4/c10-4-8(5-11)2-1-3-9(8,6-12)7-13/h1-3H2. The van der Waals surface area contributed by atoms with E-state index in [9.17, 15) is 19.2 Å². The number of rotatable bonds is 4. The summed E-state index contributed by atoms with van der Waals surface area (Å²) < 4.78 is 0. The number of carbonyl (C=O) groups excluding carboxylic acids is 4. The molecule has 0 N–H and O–H groups in total. The smallest absolute Gasteiger partial charge is 0.215 e. The van der Waals surface area contributed by atoms with Crippen LogP contribution < -0.4 is 0 Å². The van der Waals surface area contributed by atoms with Crippen molar-refractivity contribution in [2.45, 2.75) is 19.3 Å². The fraction of sp³-hybridized carbons (Fsp3) is 0.556. The van der Waals surface area contributed by atoms with Crippen molar-refractivity contribution >= 4 is 25.1 Å². The normalized spacial score (nSPS) is 23.4. The Hall–Kier alpha value is -1.32. The lowest BCUT2D eigenvalue weighted by Gasteiger charge is -2.24. The van der Waals surface area contributed by atoms with Gasteiger partial charge in [0.25, 0.3) is 0 Å². The second kappa shape index (κ2) is 3.20. The van der Waals surface area contributed by atoms with Gasteiger partial charge in [0.15, 0.2) is 0 Å². The molecule has 1 saturated carbocycles. The van der Waals surface area contributed by atoms with E-state index in [1.54, 1.807) is 0 Å². The van der Waals surface area contributed by atoms with Gasteiger partial charge in [-0.1, -0.05) is 6.42 Å². The summed E-state index contributed by atoms with van der Waals surface area (Å²) in [5.41, 5.74) is -3.53. The molecule has 0 spiro atoms. The monoisotopic (exact) mass is 178 g/mol. The van der Waals surface area contributed by atoms with Crippen LogP contribution >= 0.6 is 0 Å². The third kappa shape index (κ3) is 1.05. The fourth-order valence-corrected chi connectivity index (χ4v) is 1.64. The van der Waals surface area contributed by atoms with Crippen LogP contribution in [0.1, 0.15) is 19.3 Å². The summed E-state index contributed by atoms with van der Waals surface area (Å²) in [6.07, 6.45) is 6.34. The van der Waals surface area contributed by atoms with Gasteiger partial charge in [0.1, 0.15) is 10.8 Å². The Morgan fingerprint density at radius 1 is 0.692 bits per heavy atom. The van der Waals surface area contributed by atoms with Crippen molar-refractivity contribution in [1.82, 2.24) is 0 Å². The Bertz CT molecular complexity index is 214. The van der Waals surface area contributed by atoms with Gasteiger partial charge >= 0.3 is 0 Å². The molecule has 0 aromatic rings. The third-order valence-corrected chi connectivity index (χ3v) is 2.53. The van der Waals surface area contributed by atoms with Gasteiger partial charge in [0.2, 0.25) is 25.1 Å². The number of hydrogen-bond donors (Lipinski definition) is 0. The zero-order chi connectivity index (χ0) is 9.95. The van der Waals surface area contributed by atoms with Crippen molar-refractivity contribution in [3.63, 3.8) is 0 Å². The van der Waals surface area contributed by atoms with Gasteiger partial charge in [-0.05, 0) is 12.8 Å². The van der Waals surface area contributed by atoms with Crippen molar-refractivity contribution in [2.24, 2.45) is 10.8 Å². The minimum Gasteiger partial charge on any atom is -0.290 e. The zero-order valence-corrected chi connectivity index (χ0v) is 6.75. The molecule has 1 rings (SSSR count). The summed E-state index contributed by atoms with van der Waals surface area (Å²) in [5.74, 6) is 0. The van der Waals surface area contributed by atoms with Crippen LogP contribution in [0.4, 0.5) is 0 Å². The molecule has 4 nitrogen and oxygen atoms in total. The van der Waals surface area contributed by atoms with Crippen molar-refractivity contribution in [1.29, 1.82) is 0 Å². The maximum Gasteiger partial charge on any atom is 0.215 e. The average molecular weight is 178 g/mol. The second-order valence-corrected chi connectivity index (χ2v) is 3.07. The molecule has 1 aliphatic rings. The Morgan fingerprint density at radius 3 is 1.23 bits per heavy atom. The molecular weight excluding hydrogens is 172 g/mol. The van der Waals surface area contributed by atoms with Crippen LogP contribution in [0.5, 0.6) is 0 Å². The van der Waals surface area contributed by atoms with Gasteiger partial charge in [0, 0.05) is 0 Å². The Kier molecular flexibility index (Phi) is 2.40. The van der Waals surface area contributed by atoms with Crippen LogP contribution in [0, 0.1) is 10.8 Å². The van der Waals surface area contributed by atoms with E-state index in [1.807, 2.05) is 0 Å². The van der Waals surface area contributed by atoms with Crippen LogP contribution in [-0.4, -0.2) is 25.1 Å². The van der Waals surface area contributed by atoms with E-state index in [-0.39, 0.29) is 12.8 Å². The van der Waals surface area contributed by atoms with E-state index < -0.39 is 10.8 Å². The van der Waals surface area contributed by atoms with Crippen LogP contribution in [0.2, 0.25) is 0 Å². The maximum atomic E-state index is 10.5. The summed E-state index contributed by atoms with van der Waals surface area (Å²) in [5, 5.41) is 0. The molecule has 0 aliphatic heterocycles. The minimum atomic E-state index is -1.77. The van der Waals surface area contributed by atoms with Crippen molar-refractivity contribution < 1.29 is 19.2 Å². The highest BCUT2D eigenvalue weighted by Gasteiger charge is 2.58. The SMILES string of the molecule is O=[C]C1([C]=O)CCCC1([C]=O)[C]=O. The summed E-state index contributed by atoms with van der Waals surface area (Å²) >= 11 is 0. The molecule has 0 unspecified atom stereocenters. The first kappa shape index (κ1) is 9.77. The predicted octanol–water partition coefficient (Wildman–Crippen LogP) is -0.418. The lowest BCUT2D eigenvalue weighted by Crippen LogP contribution is -2.42.